The van der Waals surface area contributed by atoms with E-state index in [1.807, 2.05) is 7.05 Å². The molecule has 98 valence electrons. The molecule has 0 amide bonds. The zero-order chi connectivity index (χ0) is 12.9. The number of halogens is 2. The van der Waals surface area contributed by atoms with Gasteiger partial charge in [0.15, 0.2) is 0 Å². The highest BCUT2D eigenvalue weighted by Gasteiger charge is 2.48. The molecule has 0 radical (unpaired) electrons. The summed E-state index contributed by atoms with van der Waals surface area (Å²) in [6, 6.07) is 2.98. The van der Waals surface area contributed by atoms with Crippen LogP contribution in [0.3, 0.4) is 0 Å². The van der Waals surface area contributed by atoms with E-state index in [2.05, 4.69) is 9.88 Å². The molecule has 1 aromatic rings. The van der Waals surface area contributed by atoms with E-state index >= 15 is 0 Å². The lowest BCUT2D eigenvalue weighted by Gasteiger charge is -2.42. The molecular formula is C13H16F2N2O. The summed E-state index contributed by atoms with van der Waals surface area (Å²) in [5.41, 5.74) is -1.07. The highest BCUT2D eigenvalue weighted by atomic mass is 19.1. The first-order chi connectivity index (χ1) is 8.49. The maximum absolute atomic E-state index is 13.7. The van der Waals surface area contributed by atoms with Gasteiger partial charge in [0.1, 0.15) is 0 Å². The van der Waals surface area contributed by atoms with Gasteiger partial charge in [-0.1, -0.05) is 0 Å². The summed E-state index contributed by atoms with van der Waals surface area (Å²) < 4.78 is 26.6. The average Bonchev–Trinajstić information content (AvgIpc) is 2.53. The SMILES string of the molecule is CN1C2CCC1CC(O)(c1ccc(F)nc1F)C2. The molecular weight excluding hydrogens is 238 g/mol. The Labute approximate surface area is 104 Å². The summed E-state index contributed by atoms with van der Waals surface area (Å²) in [4.78, 5) is 5.43. The molecule has 3 rings (SSSR count). The second-order valence-corrected chi connectivity index (χ2v) is 5.46. The Morgan fingerprint density at radius 1 is 1.28 bits per heavy atom. The molecule has 3 heterocycles. The van der Waals surface area contributed by atoms with Gasteiger partial charge in [0.25, 0.3) is 0 Å². The van der Waals surface area contributed by atoms with Crippen molar-refractivity contribution in [2.24, 2.45) is 0 Å². The maximum atomic E-state index is 13.7. The molecule has 2 aliphatic heterocycles. The molecule has 5 heteroatoms. The van der Waals surface area contributed by atoms with Crippen LogP contribution in [0.1, 0.15) is 31.2 Å². The number of rotatable bonds is 1. The second kappa shape index (κ2) is 3.96. The number of fused-ring (bicyclic) bond motifs is 2. The monoisotopic (exact) mass is 254 g/mol. The minimum Gasteiger partial charge on any atom is -0.385 e. The first-order valence-corrected chi connectivity index (χ1v) is 6.26. The fourth-order valence-electron chi connectivity index (χ4n) is 3.42. The first-order valence-electron chi connectivity index (χ1n) is 6.26. The number of hydrogen-bond donors (Lipinski definition) is 1. The molecule has 0 spiro atoms. The van der Waals surface area contributed by atoms with Crippen molar-refractivity contribution in [2.75, 3.05) is 7.05 Å². The Morgan fingerprint density at radius 3 is 2.44 bits per heavy atom. The standard InChI is InChI=1S/C13H16F2N2O/c1-17-8-2-3-9(17)7-13(18,6-8)10-4-5-11(14)16-12(10)15/h4-5,8-9,18H,2-3,6-7H2,1H3. The van der Waals surface area contributed by atoms with Gasteiger partial charge in [-0.05, 0) is 44.9 Å². The zero-order valence-corrected chi connectivity index (χ0v) is 10.2. The van der Waals surface area contributed by atoms with Crippen molar-refractivity contribution in [3.8, 4) is 0 Å². The maximum Gasteiger partial charge on any atom is 0.221 e. The van der Waals surface area contributed by atoms with Crippen LogP contribution >= 0.6 is 0 Å². The van der Waals surface area contributed by atoms with Gasteiger partial charge in [0.05, 0.1) is 5.60 Å². The van der Waals surface area contributed by atoms with Crippen molar-refractivity contribution < 1.29 is 13.9 Å². The van der Waals surface area contributed by atoms with Crippen LogP contribution in [0.2, 0.25) is 0 Å². The lowest BCUT2D eigenvalue weighted by atomic mass is 9.81. The molecule has 3 nitrogen and oxygen atoms in total. The summed E-state index contributed by atoms with van der Waals surface area (Å²) >= 11 is 0. The molecule has 2 aliphatic rings. The number of hydrogen-bond acceptors (Lipinski definition) is 3. The first kappa shape index (κ1) is 12.0. The van der Waals surface area contributed by atoms with Crippen LogP contribution in [0.5, 0.6) is 0 Å². The van der Waals surface area contributed by atoms with Gasteiger partial charge in [0, 0.05) is 17.6 Å². The highest BCUT2D eigenvalue weighted by molar-refractivity contribution is 5.23. The number of nitrogens with zero attached hydrogens (tertiary/aromatic N) is 2. The van der Waals surface area contributed by atoms with E-state index in [0.29, 0.717) is 12.8 Å². The summed E-state index contributed by atoms with van der Waals surface area (Å²) in [6.07, 6.45) is 3.04. The van der Waals surface area contributed by atoms with Crippen molar-refractivity contribution in [2.45, 2.75) is 43.4 Å². The van der Waals surface area contributed by atoms with Gasteiger partial charge >= 0.3 is 0 Å². The highest BCUT2D eigenvalue weighted by Crippen LogP contribution is 2.45. The van der Waals surface area contributed by atoms with E-state index in [0.717, 1.165) is 18.9 Å². The molecule has 2 fully saturated rings. The van der Waals surface area contributed by atoms with E-state index in [-0.39, 0.29) is 17.6 Å². The molecule has 18 heavy (non-hydrogen) atoms. The molecule has 1 aromatic heterocycles. The molecule has 0 aromatic carbocycles. The molecule has 2 bridgehead atoms. The molecule has 0 aliphatic carbocycles. The van der Waals surface area contributed by atoms with E-state index in [9.17, 15) is 13.9 Å². The molecule has 0 saturated carbocycles. The minimum absolute atomic E-state index is 0.133. The summed E-state index contributed by atoms with van der Waals surface area (Å²) in [5, 5.41) is 10.7. The third-order valence-corrected chi connectivity index (χ3v) is 4.45. The van der Waals surface area contributed by atoms with Crippen molar-refractivity contribution in [1.82, 2.24) is 9.88 Å². The van der Waals surface area contributed by atoms with Crippen molar-refractivity contribution in [3.63, 3.8) is 0 Å². The van der Waals surface area contributed by atoms with E-state index < -0.39 is 17.5 Å². The van der Waals surface area contributed by atoms with E-state index in [4.69, 9.17) is 0 Å². The largest absolute Gasteiger partial charge is 0.385 e. The van der Waals surface area contributed by atoms with Gasteiger partial charge in [0.2, 0.25) is 11.9 Å². The number of pyridine rings is 1. The average molecular weight is 254 g/mol. The molecule has 1 N–H and O–H groups in total. The van der Waals surface area contributed by atoms with Crippen molar-refractivity contribution >= 4 is 0 Å². The summed E-state index contributed by atoms with van der Waals surface area (Å²) in [5.74, 6) is -1.74. The lowest BCUT2D eigenvalue weighted by molar-refractivity contribution is -0.0521. The summed E-state index contributed by atoms with van der Waals surface area (Å²) in [7, 11) is 2.04. The molecule has 2 unspecified atom stereocenters. The fourth-order valence-corrected chi connectivity index (χ4v) is 3.42. The molecule has 2 atom stereocenters. The van der Waals surface area contributed by atoms with Crippen LogP contribution in [0.4, 0.5) is 8.78 Å². The fraction of sp³-hybridized carbons (Fsp3) is 0.615. The number of piperidine rings is 1. The third-order valence-electron chi connectivity index (χ3n) is 4.45. The van der Waals surface area contributed by atoms with Crippen LogP contribution in [-0.2, 0) is 5.60 Å². The third kappa shape index (κ3) is 1.73. The number of aliphatic hydroxyl groups is 1. The quantitative estimate of drug-likeness (QED) is 0.776. The van der Waals surface area contributed by atoms with Crippen molar-refractivity contribution in [1.29, 1.82) is 0 Å². The van der Waals surface area contributed by atoms with Crippen LogP contribution in [-0.4, -0.2) is 34.1 Å². The van der Waals surface area contributed by atoms with Crippen LogP contribution in [0.25, 0.3) is 0 Å². The van der Waals surface area contributed by atoms with Crippen LogP contribution in [0.15, 0.2) is 12.1 Å². The number of aromatic nitrogens is 1. The Balaban J connectivity index is 1.96. The van der Waals surface area contributed by atoms with Gasteiger partial charge in [-0.2, -0.15) is 13.8 Å². The lowest BCUT2D eigenvalue weighted by Crippen LogP contribution is -2.48. The predicted molar refractivity (Wildman–Crippen MR) is 61.9 cm³/mol. The zero-order valence-electron chi connectivity index (χ0n) is 10.2. The second-order valence-electron chi connectivity index (χ2n) is 5.46. The Bertz CT molecular complexity index is 466. The molecule has 2 saturated heterocycles. The van der Waals surface area contributed by atoms with Gasteiger partial charge < -0.3 is 10.0 Å². The smallest absolute Gasteiger partial charge is 0.221 e. The van der Waals surface area contributed by atoms with Crippen LogP contribution in [0, 0.1) is 11.9 Å². The Kier molecular flexibility index (Phi) is 2.64. The Hall–Kier alpha value is -1.07. The van der Waals surface area contributed by atoms with Crippen LogP contribution < -0.4 is 0 Å². The van der Waals surface area contributed by atoms with Crippen molar-refractivity contribution in [3.05, 3.63) is 29.6 Å². The van der Waals surface area contributed by atoms with Gasteiger partial charge in [-0.15, -0.1) is 0 Å². The topological polar surface area (TPSA) is 36.4 Å². The Morgan fingerprint density at radius 2 is 1.89 bits per heavy atom. The predicted octanol–water partition coefficient (Wildman–Crippen LogP) is 1.80. The summed E-state index contributed by atoms with van der Waals surface area (Å²) in [6.45, 7) is 0. The van der Waals surface area contributed by atoms with Gasteiger partial charge in [-0.3, -0.25) is 0 Å². The normalized spacial score (nSPS) is 36.0. The minimum atomic E-state index is -1.21. The van der Waals surface area contributed by atoms with E-state index in [1.165, 1.54) is 6.07 Å². The van der Waals surface area contributed by atoms with E-state index in [1.54, 1.807) is 0 Å². The van der Waals surface area contributed by atoms with Gasteiger partial charge in [-0.25, -0.2) is 0 Å².